The molecule has 2 aromatic heterocycles. The number of aryl methyl sites for hydroxylation is 1. The van der Waals surface area contributed by atoms with Crippen molar-refractivity contribution in [2.45, 2.75) is 32.5 Å². The average molecular weight is 313 g/mol. The number of fused-ring (bicyclic) bond motifs is 1. The van der Waals surface area contributed by atoms with Gasteiger partial charge in [-0.3, -0.25) is 9.69 Å². The molecule has 0 saturated carbocycles. The fourth-order valence-corrected chi connectivity index (χ4v) is 3.58. The van der Waals surface area contributed by atoms with Crippen molar-refractivity contribution in [3.63, 3.8) is 0 Å². The first-order valence-corrected chi connectivity index (χ1v) is 8.38. The molecular formula is C17H23N5O. The summed E-state index contributed by atoms with van der Waals surface area (Å²) >= 11 is 0. The van der Waals surface area contributed by atoms with E-state index in [9.17, 15) is 4.79 Å². The zero-order valence-corrected chi connectivity index (χ0v) is 13.6. The summed E-state index contributed by atoms with van der Waals surface area (Å²) in [4.78, 5) is 21.8. The summed E-state index contributed by atoms with van der Waals surface area (Å²) in [5.74, 6) is 1.10. The van der Waals surface area contributed by atoms with Crippen molar-refractivity contribution in [3.8, 4) is 0 Å². The molecule has 4 rings (SSSR count). The molecule has 0 radical (unpaired) electrons. The van der Waals surface area contributed by atoms with Gasteiger partial charge in [0.25, 0.3) is 5.91 Å². The summed E-state index contributed by atoms with van der Waals surface area (Å²) < 4.78 is 4.09. The predicted octanol–water partition coefficient (Wildman–Crippen LogP) is 1.47. The van der Waals surface area contributed by atoms with Crippen molar-refractivity contribution in [1.29, 1.82) is 0 Å². The number of rotatable bonds is 3. The van der Waals surface area contributed by atoms with E-state index in [0.717, 1.165) is 36.8 Å². The number of carbonyl (C=O) groups is 1. The fraction of sp³-hybridized carbons (Fsp3) is 0.529. The molecule has 1 amide bonds. The molecule has 2 aromatic rings. The van der Waals surface area contributed by atoms with E-state index in [1.807, 2.05) is 34.8 Å². The van der Waals surface area contributed by atoms with Gasteiger partial charge in [0.15, 0.2) is 0 Å². The summed E-state index contributed by atoms with van der Waals surface area (Å²) in [6, 6.07) is 3.79. The highest BCUT2D eigenvalue weighted by Crippen LogP contribution is 2.18. The maximum atomic E-state index is 12.6. The summed E-state index contributed by atoms with van der Waals surface area (Å²) in [7, 11) is 1.91. The second-order valence-electron chi connectivity index (χ2n) is 6.56. The third kappa shape index (κ3) is 2.79. The zero-order chi connectivity index (χ0) is 15.8. The normalized spacial score (nSPS) is 18.4. The molecule has 122 valence electrons. The van der Waals surface area contributed by atoms with Crippen molar-refractivity contribution in [3.05, 3.63) is 41.7 Å². The average Bonchev–Trinajstić information content (AvgIpc) is 3.26. The van der Waals surface area contributed by atoms with Crippen LogP contribution in [0.3, 0.4) is 0 Å². The second kappa shape index (κ2) is 5.85. The quantitative estimate of drug-likeness (QED) is 0.862. The van der Waals surface area contributed by atoms with E-state index in [4.69, 9.17) is 4.98 Å². The summed E-state index contributed by atoms with van der Waals surface area (Å²) in [5.41, 5.74) is 1.87. The van der Waals surface area contributed by atoms with Crippen LogP contribution in [0.2, 0.25) is 0 Å². The molecule has 1 saturated heterocycles. The number of nitrogens with zero attached hydrogens (tertiary/aromatic N) is 5. The molecule has 6 nitrogen and oxygen atoms in total. The van der Waals surface area contributed by atoms with Crippen LogP contribution in [0.4, 0.5) is 0 Å². The van der Waals surface area contributed by atoms with E-state index in [-0.39, 0.29) is 5.91 Å². The largest absolute Gasteiger partial charge is 0.347 e. The zero-order valence-electron chi connectivity index (χ0n) is 13.6. The molecule has 4 heterocycles. The molecule has 0 spiro atoms. The third-order valence-corrected chi connectivity index (χ3v) is 4.89. The van der Waals surface area contributed by atoms with Gasteiger partial charge >= 0.3 is 0 Å². The van der Waals surface area contributed by atoms with E-state index < -0.39 is 0 Å². The van der Waals surface area contributed by atoms with Gasteiger partial charge in [-0.05, 0) is 38.1 Å². The Hall–Kier alpha value is -2.08. The molecule has 0 aromatic carbocycles. The number of hydrogen-bond donors (Lipinski definition) is 0. The molecule has 0 aliphatic carbocycles. The van der Waals surface area contributed by atoms with Crippen LogP contribution in [-0.4, -0.2) is 49.5 Å². The van der Waals surface area contributed by atoms with Gasteiger partial charge in [-0.1, -0.05) is 0 Å². The van der Waals surface area contributed by atoms with Gasteiger partial charge < -0.3 is 14.0 Å². The smallest absolute Gasteiger partial charge is 0.270 e. The lowest BCUT2D eigenvalue weighted by atomic mass is 10.3. The van der Waals surface area contributed by atoms with Gasteiger partial charge in [-0.25, -0.2) is 4.98 Å². The van der Waals surface area contributed by atoms with Gasteiger partial charge in [0.2, 0.25) is 0 Å². The Labute approximate surface area is 136 Å². The van der Waals surface area contributed by atoms with Crippen LogP contribution in [0.5, 0.6) is 0 Å². The lowest BCUT2D eigenvalue weighted by Gasteiger charge is -2.27. The van der Waals surface area contributed by atoms with E-state index in [1.54, 1.807) is 0 Å². The first-order chi connectivity index (χ1) is 11.2. The van der Waals surface area contributed by atoms with E-state index in [1.165, 1.54) is 25.9 Å². The number of hydrogen-bond acceptors (Lipinski definition) is 3. The Morgan fingerprint density at radius 1 is 1.22 bits per heavy atom. The Bertz CT molecular complexity index is 710. The van der Waals surface area contributed by atoms with Crippen molar-refractivity contribution in [2.75, 3.05) is 19.6 Å². The van der Waals surface area contributed by atoms with E-state index in [2.05, 4.69) is 15.7 Å². The molecule has 23 heavy (non-hydrogen) atoms. The van der Waals surface area contributed by atoms with Gasteiger partial charge in [0.1, 0.15) is 11.5 Å². The van der Waals surface area contributed by atoms with Gasteiger partial charge in [0.05, 0.1) is 12.2 Å². The maximum Gasteiger partial charge on any atom is 0.270 e. The monoisotopic (exact) mass is 313 g/mol. The Morgan fingerprint density at radius 2 is 2.04 bits per heavy atom. The maximum absolute atomic E-state index is 12.6. The molecule has 0 bridgehead atoms. The van der Waals surface area contributed by atoms with Crippen LogP contribution in [0.1, 0.15) is 34.8 Å². The molecule has 0 N–H and O–H groups in total. The van der Waals surface area contributed by atoms with Crippen LogP contribution in [0.15, 0.2) is 24.5 Å². The minimum absolute atomic E-state index is 0.0906. The predicted molar refractivity (Wildman–Crippen MR) is 86.9 cm³/mol. The number of likely N-dealkylation sites (tertiary alicyclic amines) is 1. The third-order valence-electron chi connectivity index (χ3n) is 4.89. The highest BCUT2D eigenvalue weighted by Gasteiger charge is 2.25. The molecule has 2 aliphatic heterocycles. The minimum Gasteiger partial charge on any atom is -0.347 e. The first kappa shape index (κ1) is 14.5. The Kier molecular flexibility index (Phi) is 3.69. The van der Waals surface area contributed by atoms with Crippen LogP contribution in [0, 0.1) is 0 Å². The van der Waals surface area contributed by atoms with Crippen molar-refractivity contribution >= 4 is 5.91 Å². The molecule has 6 heteroatoms. The SMILES string of the molecule is Cn1cccc1C(=O)N1CCn2cc(CN3CCCC3)nc2C1. The van der Waals surface area contributed by atoms with Gasteiger partial charge in [-0.15, -0.1) is 0 Å². The highest BCUT2D eigenvalue weighted by atomic mass is 16.2. The topological polar surface area (TPSA) is 46.3 Å². The van der Waals surface area contributed by atoms with Crippen molar-refractivity contribution in [1.82, 2.24) is 23.9 Å². The number of amides is 1. The highest BCUT2D eigenvalue weighted by molar-refractivity contribution is 5.92. The summed E-state index contributed by atoms with van der Waals surface area (Å²) in [6.45, 7) is 5.48. The van der Waals surface area contributed by atoms with Gasteiger partial charge in [0, 0.05) is 39.1 Å². The molecule has 1 fully saturated rings. The number of aromatic nitrogens is 3. The van der Waals surface area contributed by atoms with Crippen molar-refractivity contribution < 1.29 is 4.79 Å². The second-order valence-corrected chi connectivity index (χ2v) is 6.56. The van der Waals surface area contributed by atoms with E-state index >= 15 is 0 Å². The molecular weight excluding hydrogens is 290 g/mol. The minimum atomic E-state index is 0.0906. The summed E-state index contributed by atoms with van der Waals surface area (Å²) in [5, 5.41) is 0. The van der Waals surface area contributed by atoms with Crippen LogP contribution >= 0.6 is 0 Å². The van der Waals surface area contributed by atoms with Crippen LogP contribution in [0.25, 0.3) is 0 Å². The van der Waals surface area contributed by atoms with Crippen LogP contribution in [-0.2, 0) is 26.7 Å². The number of imidazole rings is 1. The van der Waals surface area contributed by atoms with Gasteiger partial charge in [-0.2, -0.15) is 0 Å². The first-order valence-electron chi connectivity index (χ1n) is 8.38. The van der Waals surface area contributed by atoms with Crippen LogP contribution < -0.4 is 0 Å². The lowest BCUT2D eigenvalue weighted by Crippen LogP contribution is -2.38. The molecule has 0 atom stereocenters. The fourth-order valence-electron chi connectivity index (χ4n) is 3.58. The Morgan fingerprint density at radius 3 is 2.78 bits per heavy atom. The lowest BCUT2D eigenvalue weighted by molar-refractivity contribution is 0.0698. The summed E-state index contributed by atoms with van der Waals surface area (Å²) in [6.07, 6.45) is 6.67. The Balaban J connectivity index is 1.47. The van der Waals surface area contributed by atoms with Crippen molar-refractivity contribution in [2.24, 2.45) is 7.05 Å². The standard InChI is InChI=1S/C17H23N5O/c1-19-6-4-5-15(19)17(23)22-10-9-21-12-14(18-16(21)13-22)11-20-7-2-3-8-20/h4-6,12H,2-3,7-11,13H2,1H3. The molecule has 2 aliphatic rings. The number of carbonyl (C=O) groups excluding carboxylic acids is 1. The van der Waals surface area contributed by atoms with E-state index in [0.29, 0.717) is 6.54 Å². The molecule has 0 unspecified atom stereocenters.